The third-order valence-corrected chi connectivity index (χ3v) is 4.25. The van der Waals surface area contributed by atoms with Crippen LogP contribution in [0.4, 0.5) is 0 Å². The number of aromatic nitrogens is 1. The van der Waals surface area contributed by atoms with E-state index in [1.165, 1.54) is 6.07 Å². The molecule has 0 unspecified atom stereocenters. The molecule has 1 amide bonds. The van der Waals surface area contributed by atoms with Crippen LogP contribution in [0.2, 0.25) is 0 Å². The molecule has 1 saturated heterocycles. The number of benzene rings is 1. The zero-order valence-corrected chi connectivity index (χ0v) is 12.4. The van der Waals surface area contributed by atoms with Gasteiger partial charge in [0.1, 0.15) is 6.61 Å². The molecule has 6 heteroatoms. The summed E-state index contributed by atoms with van der Waals surface area (Å²) in [5, 5.41) is 2.90. The lowest BCUT2D eigenvalue weighted by atomic mass is 10.1. The van der Waals surface area contributed by atoms with Crippen molar-refractivity contribution in [3.05, 3.63) is 64.1 Å². The second-order valence-electron chi connectivity index (χ2n) is 5.72. The van der Waals surface area contributed by atoms with E-state index in [1.54, 1.807) is 10.8 Å². The van der Waals surface area contributed by atoms with Gasteiger partial charge in [-0.25, -0.2) is 0 Å². The zero-order valence-electron chi connectivity index (χ0n) is 12.4. The Labute approximate surface area is 132 Å². The predicted octanol–water partition coefficient (Wildman–Crippen LogP) is 1.11. The fourth-order valence-electron chi connectivity index (χ4n) is 3.09. The van der Waals surface area contributed by atoms with Gasteiger partial charge in [0.05, 0.1) is 25.3 Å². The topological polar surface area (TPSA) is 69.6 Å². The molecule has 2 atom stereocenters. The Morgan fingerprint density at radius 3 is 2.83 bits per heavy atom. The van der Waals surface area contributed by atoms with Crippen LogP contribution in [-0.4, -0.2) is 29.7 Å². The number of carbonyl (C=O) groups excluding carboxylic acids is 1. The normalized spacial score (nSPS) is 22.2. The van der Waals surface area contributed by atoms with Crippen molar-refractivity contribution >= 4 is 5.91 Å². The largest absolute Gasteiger partial charge is 0.483 e. The first-order valence-electron chi connectivity index (χ1n) is 7.54. The van der Waals surface area contributed by atoms with Crippen LogP contribution in [0.25, 0.3) is 0 Å². The van der Waals surface area contributed by atoms with Gasteiger partial charge in [0.25, 0.3) is 5.91 Å². The maximum absolute atomic E-state index is 12.4. The van der Waals surface area contributed by atoms with Gasteiger partial charge in [-0.2, -0.15) is 0 Å². The summed E-state index contributed by atoms with van der Waals surface area (Å²) in [6, 6.07) is 10.9. The van der Waals surface area contributed by atoms with Crippen molar-refractivity contribution in [3.63, 3.8) is 0 Å². The maximum atomic E-state index is 12.4. The van der Waals surface area contributed by atoms with Gasteiger partial charge in [0, 0.05) is 12.3 Å². The number of amides is 1. The third kappa shape index (κ3) is 2.41. The number of hydrogen-bond donors (Lipinski definition) is 1. The highest BCUT2D eigenvalue weighted by molar-refractivity contribution is 5.96. The van der Waals surface area contributed by atoms with Crippen LogP contribution in [0, 0.1) is 0 Å². The summed E-state index contributed by atoms with van der Waals surface area (Å²) >= 11 is 0. The number of nitrogens with zero attached hydrogens (tertiary/aromatic N) is 1. The van der Waals surface area contributed by atoms with Crippen LogP contribution >= 0.6 is 0 Å². The Hall–Kier alpha value is -2.60. The minimum atomic E-state index is -0.294. The average molecular weight is 312 g/mol. The minimum absolute atomic E-state index is 0.00220. The van der Waals surface area contributed by atoms with Crippen LogP contribution in [0.3, 0.4) is 0 Å². The van der Waals surface area contributed by atoms with E-state index in [1.807, 2.05) is 30.3 Å². The summed E-state index contributed by atoms with van der Waals surface area (Å²) in [7, 11) is 0. The predicted molar refractivity (Wildman–Crippen MR) is 82.6 cm³/mol. The molecule has 1 aromatic carbocycles. The second-order valence-corrected chi connectivity index (χ2v) is 5.72. The first-order valence-corrected chi connectivity index (χ1v) is 7.54. The third-order valence-electron chi connectivity index (χ3n) is 4.25. The molecule has 4 rings (SSSR count). The lowest BCUT2D eigenvalue weighted by Gasteiger charge is -2.30. The lowest BCUT2D eigenvalue weighted by molar-refractivity contribution is 0.0883. The van der Waals surface area contributed by atoms with Crippen molar-refractivity contribution < 1.29 is 14.3 Å². The molecule has 3 heterocycles. The fraction of sp³-hybridized carbons (Fsp3) is 0.294. The number of rotatable bonds is 3. The smallest absolute Gasteiger partial charge is 0.272 e. The Morgan fingerprint density at radius 1 is 1.17 bits per heavy atom. The number of nitrogens with one attached hydrogen (secondary N) is 1. The van der Waals surface area contributed by atoms with Gasteiger partial charge in [-0.3, -0.25) is 9.59 Å². The monoisotopic (exact) mass is 312 g/mol. The highest BCUT2D eigenvalue weighted by atomic mass is 16.5. The molecule has 0 aliphatic carbocycles. The van der Waals surface area contributed by atoms with E-state index in [0.717, 1.165) is 5.56 Å². The van der Waals surface area contributed by atoms with Crippen molar-refractivity contribution in [2.24, 2.45) is 0 Å². The van der Waals surface area contributed by atoms with Gasteiger partial charge in [-0.05, 0) is 5.56 Å². The van der Waals surface area contributed by atoms with Crippen LogP contribution < -0.4 is 15.5 Å². The minimum Gasteiger partial charge on any atom is -0.483 e. The maximum Gasteiger partial charge on any atom is 0.272 e. The Balaban J connectivity index is 1.71. The molecule has 1 N–H and O–H groups in total. The SMILES string of the molecule is O=C1N[C@H]2COC[C@@H]2n2ccc(=O)c(OCc3ccccc3)c21. The molecule has 2 aliphatic heterocycles. The summed E-state index contributed by atoms with van der Waals surface area (Å²) < 4.78 is 13.0. The molecule has 0 spiro atoms. The number of hydrogen-bond acceptors (Lipinski definition) is 4. The van der Waals surface area contributed by atoms with Crippen molar-refractivity contribution in [2.75, 3.05) is 13.2 Å². The first-order chi connectivity index (χ1) is 11.2. The molecular formula is C17H16N2O4. The van der Waals surface area contributed by atoms with E-state index in [0.29, 0.717) is 13.2 Å². The summed E-state index contributed by atoms with van der Waals surface area (Å²) in [4.78, 5) is 24.6. The Kier molecular flexibility index (Phi) is 3.38. The highest BCUT2D eigenvalue weighted by Gasteiger charge is 2.39. The van der Waals surface area contributed by atoms with Gasteiger partial charge in [-0.1, -0.05) is 30.3 Å². The molecule has 0 bridgehead atoms. The molecule has 23 heavy (non-hydrogen) atoms. The molecule has 1 aromatic heterocycles. The van der Waals surface area contributed by atoms with E-state index < -0.39 is 0 Å². The molecule has 0 saturated carbocycles. The van der Waals surface area contributed by atoms with E-state index >= 15 is 0 Å². The Bertz CT molecular complexity index is 800. The second kappa shape index (κ2) is 5.55. The molecule has 2 aromatic rings. The van der Waals surface area contributed by atoms with E-state index in [4.69, 9.17) is 9.47 Å². The van der Waals surface area contributed by atoms with Crippen LogP contribution in [-0.2, 0) is 11.3 Å². The van der Waals surface area contributed by atoms with E-state index in [9.17, 15) is 9.59 Å². The molecule has 2 aliphatic rings. The summed E-state index contributed by atoms with van der Waals surface area (Å²) in [5.74, 6) is -0.197. The lowest BCUT2D eigenvalue weighted by Crippen LogP contribution is -2.48. The molecule has 118 valence electrons. The summed E-state index contributed by atoms with van der Waals surface area (Å²) in [5.41, 5.74) is 0.924. The van der Waals surface area contributed by atoms with Gasteiger partial charge in [0.2, 0.25) is 5.43 Å². The van der Waals surface area contributed by atoms with Crippen LogP contribution in [0.15, 0.2) is 47.4 Å². The van der Waals surface area contributed by atoms with Gasteiger partial charge in [-0.15, -0.1) is 0 Å². The van der Waals surface area contributed by atoms with Gasteiger partial charge in [0.15, 0.2) is 11.4 Å². The zero-order chi connectivity index (χ0) is 15.8. The molecule has 0 radical (unpaired) electrons. The summed E-state index contributed by atoms with van der Waals surface area (Å²) in [6.07, 6.45) is 1.65. The molecule has 1 fully saturated rings. The van der Waals surface area contributed by atoms with Crippen LogP contribution in [0.1, 0.15) is 22.1 Å². The molecular weight excluding hydrogens is 296 g/mol. The Morgan fingerprint density at radius 2 is 2.00 bits per heavy atom. The number of carbonyl (C=O) groups is 1. The van der Waals surface area contributed by atoms with Crippen molar-refractivity contribution in [3.8, 4) is 5.75 Å². The average Bonchev–Trinajstić information content (AvgIpc) is 3.03. The van der Waals surface area contributed by atoms with Crippen LogP contribution in [0.5, 0.6) is 5.75 Å². The van der Waals surface area contributed by atoms with Gasteiger partial charge < -0.3 is 19.4 Å². The number of ether oxygens (including phenoxy) is 2. The first kappa shape index (κ1) is 14.0. The standard InChI is InChI=1S/C17H16N2O4/c20-14-6-7-19-13-10-22-9-12(13)18-17(21)15(19)16(14)23-8-11-4-2-1-3-5-11/h1-7,12-13H,8-10H2,(H,18,21)/t12-,13-/m0/s1. The summed E-state index contributed by atoms with van der Waals surface area (Å²) in [6.45, 7) is 1.24. The number of fused-ring (bicyclic) bond motifs is 3. The fourth-order valence-corrected chi connectivity index (χ4v) is 3.09. The van der Waals surface area contributed by atoms with E-state index in [-0.39, 0.29) is 41.5 Å². The number of pyridine rings is 1. The van der Waals surface area contributed by atoms with Crippen molar-refractivity contribution in [1.29, 1.82) is 0 Å². The van der Waals surface area contributed by atoms with Crippen molar-refractivity contribution in [1.82, 2.24) is 9.88 Å². The molecule has 6 nitrogen and oxygen atoms in total. The van der Waals surface area contributed by atoms with Crippen molar-refractivity contribution in [2.45, 2.75) is 18.7 Å². The van der Waals surface area contributed by atoms with E-state index in [2.05, 4.69) is 5.32 Å². The van der Waals surface area contributed by atoms with Gasteiger partial charge >= 0.3 is 0 Å². The highest BCUT2D eigenvalue weighted by Crippen LogP contribution is 2.29. The quantitative estimate of drug-likeness (QED) is 0.922.